The van der Waals surface area contributed by atoms with Crippen LogP contribution in [-0.4, -0.2) is 22.3 Å². The zero-order chi connectivity index (χ0) is 8.70. The SMILES string of the molecule is CCC1(C)OC1(CC)C(=O)O. The molecule has 1 aliphatic heterocycles. The van der Waals surface area contributed by atoms with Gasteiger partial charge in [0.2, 0.25) is 0 Å². The molecular weight excluding hydrogens is 144 g/mol. The quantitative estimate of drug-likeness (QED) is 0.632. The number of hydrogen-bond donors (Lipinski definition) is 1. The maximum atomic E-state index is 10.8. The molecule has 0 spiro atoms. The normalized spacial score (nSPS) is 42.1. The van der Waals surface area contributed by atoms with Gasteiger partial charge in [-0.2, -0.15) is 0 Å². The zero-order valence-electron chi connectivity index (χ0n) is 7.18. The summed E-state index contributed by atoms with van der Waals surface area (Å²) in [6, 6.07) is 0. The average Bonchev–Trinajstić information content (AvgIpc) is 2.59. The van der Waals surface area contributed by atoms with Crippen LogP contribution in [0.3, 0.4) is 0 Å². The third-order valence-electron chi connectivity index (χ3n) is 2.73. The summed E-state index contributed by atoms with van der Waals surface area (Å²) in [6.07, 6.45) is 1.31. The maximum Gasteiger partial charge on any atom is 0.339 e. The third-order valence-corrected chi connectivity index (χ3v) is 2.73. The maximum absolute atomic E-state index is 10.8. The Bertz CT molecular complexity index is 190. The fourth-order valence-electron chi connectivity index (χ4n) is 1.58. The summed E-state index contributed by atoms with van der Waals surface area (Å²) in [5.74, 6) is -0.829. The molecule has 0 radical (unpaired) electrons. The van der Waals surface area contributed by atoms with E-state index < -0.39 is 17.2 Å². The third kappa shape index (κ3) is 0.872. The highest BCUT2D eigenvalue weighted by Gasteiger charge is 2.70. The Labute approximate surface area is 66.4 Å². The molecule has 0 aromatic heterocycles. The predicted octanol–water partition coefficient (Wildman–Crippen LogP) is 1.42. The van der Waals surface area contributed by atoms with Gasteiger partial charge in [-0.1, -0.05) is 13.8 Å². The van der Waals surface area contributed by atoms with Crippen molar-refractivity contribution in [1.29, 1.82) is 0 Å². The van der Waals surface area contributed by atoms with E-state index in [1.165, 1.54) is 0 Å². The molecule has 2 unspecified atom stereocenters. The first kappa shape index (κ1) is 8.53. The molecule has 1 saturated heterocycles. The number of hydrogen-bond acceptors (Lipinski definition) is 2. The van der Waals surface area contributed by atoms with Gasteiger partial charge in [0, 0.05) is 0 Å². The Hall–Kier alpha value is -0.570. The molecule has 0 amide bonds. The van der Waals surface area contributed by atoms with E-state index in [0.29, 0.717) is 6.42 Å². The summed E-state index contributed by atoms with van der Waals surface area (Å²) in [5, 5.41) is 8.85. The van der Waals surface area contributed by atoms with Gasteiger partial charge in [0.05, 0.1) is 0 Å². The molecular formula is C8H14O3. The molecule has 2 atom stereocenters. The first-order valence-electron chi connectivity index (χ1n) is 3.96. The predicted molar refractivity (Wildman–Crippen MR) is 40.4 cm³/mol. The first-order chi connectivity index (χ1) is 5.02. The summed E-state index contributed by atoms with van der Waals surface area (Å²) >= 11 is 0. The van der Waals surface area contributed by atoms with Gasteiger partial charge in [-0.25, -0.2) is 4.79 Å². The van der Waals surface area contributed by atoms with Gasteiger partial charge in [0.25, 0.3) is 0 Å². The number of epoxide rings is 1. The van der Waals surface area contributed by atoms with E-state index in [0.717, 1.165) is 6.42 Å². The molecule has 1 rings (SSSR count). The highest BCUT2D eigenvalue weighted by atomic mass is 16.6. The Kier molecular flexibility index (Phi) is 1.71. The van der Waals surface area contributed by atoms with Crippen LogP contribution in [0, 0.1) is 0 Å². The van der Waals surface area contributed by atoms with Gasteiger partial charge in [-0.05, 0) is 19.8 Å². The molecule has 0 aliphatic carbocycles. The fourth-order valence-corrected chi connectivity index (χ4v) is 1.58. The van der Waals surface area contributed by atoms with Gasteiger partial charge in [-0.15, -0.1) is 0 Å². The average molecular weight is 158 g/mol. The van der Waals surface area contributed by atoms with Crippen LogP contribution in [0.5, 0.6) is 0 Å². The molecule has 3 heteroatoms. The van der Waals surface area contributed by atoms with Crippen molar-refractivity contribution in [3.05, 3.63) is 0 Å². The van der Waals surface area contributed by atoms with Crippen molar-refractivity contribution in [3.63, 3.8) is 0 Å². The smallest absolute Gasteiger partial charge is 0.339 e. The molecule has 0 bridgehead atoms. The number of rotatable bonds is 3. The largest absolute Gasteiger partial charge is 0.479 e. The summed E-state index contributed by atoms with van der Waals surface area (Å²) in [6.45, 7) is 5.64. The summed E-state index contributed by atoms with van der Waals surface area (Å²) in [4.78, 5) is 10.8. The molecule has 0 aromatic rings. The standard InChI is InChI=1S/C8H14O3/c1-4-7(3)8(5-2,11-7)6(9)10/h4-5H2,1-3H3,(H,9,10). The summed E-state index contributed by atoms with van der Waals surface area (Å²) < 4.78 is 5.25. The molecule has 1 heterocycles. The van der Waals surface area contributed by atoms with E-state index in [4.69, 9.17) is 9.84 Å². The highest BCUT2D eigenvalue weighted by molar-refractivity contribution is 5.82. The van der Waals surface area contributed by atoms with Gasteiger partial charge < -0.3 is 9.84 Å². The first-order valence-corrected chi connectivity index (χ1v) is 3.96. The molecule has 3 nitrogen and oxygen atoms in total. The number of carboxylic acids is 1. The lowest BCUT2D eigenvalue weighted by atomic mass is 9.90. The van der Waals surface area contributed by atoms with Crippen LogP contribution >= 0.6 is 0 Å². The monoisotopic (exact) mass is 158 g/mol. The van der Waals surface area contributed by atoms with Crippen molar-refractivity contribution in [2.45, 2.75) is 44.8 Å². The van der Waals surface area contributed by atoms with Crippen molar-refractivity contribution in [3.8, 4) is 0 Å². The van der Waals surface area contributed by atoms with Crippen molar-refractivity contribution in [1.82, 2.24) is 0 Å². The van der Waals surface area contributed by atoms with Crippen LogP contribution in [0.15, 0.2) is 0 Å². The lowest BCUT2D eigenvalue weighted by Gasteiger charge is -2.07. The zero-order valence-corrected chi connectivity index (χ0v) is 7.18. The minimum absolute atomic E-state index is 0.423. The Morgan fingerprint density at radius 1 is 1.45 bits per heavy atom. The van der Waals surface area contributed by atoms with E-state index >= 15 is 0 Å². The summed E-state index contributed by atoms with van der Waals surface area (Å²) in [7, 11) is 0. The lowest BCUT2D eigenvalue weighted by Crippen LogP contribution is -2.31. The van der Waals surface area contributed by atoms with Crippen molar-refractivity contribution < 1.29 is 14.6 Å². The Morgan fingerprint density at radius 2 is 2.00 bits per heavy atom. The van der Waals surface area contributed by atoms with E-state index in [2.05, 4.69) is 0 Å². The number of ether oxygens (including phenoxy) is 1. The minimum Gasteiger partial charge on any atom is -0.479 e. The van der Waals surface area contributed by atoms with Crippen LogP contribution in [0.1, 0.15) is 33.6 Å². The Balaban J connectivity index is 2.78. The van der Waals surface area contributed by atoms with E-state index in [9.17, 15) is 4.79 Å². The molecule has 64 valence electrons. The fraction of sp³-hybridized carbons (Fsp3) is 0.875. The second-order valence-corrected chi connectivity index (χ2v) is 3.17. The van der Waals surface area contributed by atoms with Crippen molar-refractivity contribution >= 4 is 5.97 Å². The van der Waals surface area contributed by atoms with E-state index in [1.54, 1.807) is 0 Å². The van der Waals surface area contributed by atoms with E-state index in [-0.39, 0.29) is 0 Å². The Morgan fingerprint density at radius 3 is 2.09 bits per heavy atom. The van der Waals surface area contributed by atoms with Gasteiger partial charge in [0.15, 0.2) is 5.60 Å². The van der Waals surface area contributed by atoms with Gasteiger partial charge >= 0.3 is 5.97 Å². The molecule has 0 saturated carbocycles. The van der Waals surface area contributed by atoms with Crippen LogP contribution in [0.25, 0.3) is 0 Å². The van der Waals surface area contributed by atoms with Crippen molar-refractivity contribution in [2.75, 3.05) is 0 Å². The topological polar surface area (TPSA) is 49.8 Å². The van der Waals surface area contributed by atoms with Gasteiger partial charge in [-0.3, -0.25) is 0 Å². The van der Waals surface area contributed by atoms with Crippen LogP contribution in [0.4, 0.5) is 0 Å². The highest BCUT2D eigenvalue weighted by Crippen LogP contribution is 2.52. The summed E-state index contributed by atoms with van der Waals surface area (Å²) in [5.41, 5.74) is -1.31. The van der Waals surface area contributed by atoms with Crippen LogP contribution in [-0.2, 0) is 9.53 Å². The van der Waals surface area contributed by atoms with E-state index in [1.807, 2.05) is 20.8 Å². The molecule has 1 N–H and O–H groups in total. The molecule has 1 fully saturated rings. The second-order valence-electron chi connectivity index (χ2n) is 3.17. The molecule has 0 aromatic carbocycles. The lowest BCUT2D eigenvalue weighted by molar-refractivity contribution is -0.143. The molecule has 1 aliphatic rings. The van der Waals surface area contributed by atoms with Crippen molar-refractivity contribution in [2.24, 2.45) is 0 Å². The van der Waals surface area contributed by atoms with Crippen LogP contribution in [0.2, 0.25) is 0 Å². The second kappa shape index (κ2) is 2.21. The molecule has 11 heavy (non-hydrogen) atoms. The number of carboxylic acid groups (broad SMARTS) is 1. The number of carbonyl (C=O) groups is 1. The van der Waals surface area contributed by atoms with Gasteiger partial charge in [0.1, 0.15) is 5.60 Å². The van der Waals surface area contributed by atoms with Crippen LogP contribution < -0.4 is 0 Å². The minimum atomic E-state index is -0.887. The number of aliphatic carboxylic acids is 1.